The molecule has 0 radical (unpaired) electrons. The van der Waals surface area contributed by atoms with Crippen molar-refractivity contribution in [1.82, 2.24) is 9.97 Å². The number of rotatable bonds is 3. The molecule has 5 nitrogen and oxygen atoms in total. The molecule has 0 saturated carbocycles. The second kappa shape index (κ2) is 4.28. The van der Waals surface area contributed by atoms with Crippen LogP contribution in [0.3, 0.4) is 0 Å². The van der Waals surface area contributed by atoms with Crippen molar-refractivity contribution in [3.63, 3.8) is 0 Å². The standard InChI is InChI=1S/C14H17N3O2/c1-14(2,15)6-13-16-7-10(17-13)9-3-4-11-12(5-9)19-8-18-11/h3-5,7H,6,8,15H2,1-2H3,(H,16,17). The van der Waals surface area contributed by atoms with Gasteiger partial charge in [0.1, 0.15) is 5.82 Å². The smallest absolute Gasteiger partial charge is 0.231 e. The number of fused-ring (bicyclic) bond motifs is 1. The maximum atomic E-state index is 5.99. The zero-order valence-electron chi connectivity index (χ0n) is 11.1. The van der Waals surface area contributed by atoms with Crippen molar-refractivity contribution in [1.29, 1.82) is 0 Å². The van der Waals surface area contributed by atoms with E-state index in [9.17, 15) is 0 Å². The number of H-pyrrole nitrogens is 1. The average Bonchev–Trinajstić information content (AvgIpc) is 2.93. The number of imidazole rings is 1. The number of nitrogens with one attached hydrogen (secondary N) is 1. The summed E-state index contributed by atoms with van der Waals surface area (Å²) in [6.07, 6.45) is 2.52. The van der Waals surface area contributed by atoms with Crippen molar-refractivity contribution in [2.75, 3.05) is 6.79 Å². The highest BCUT2D eigenvalue weighted by Gasteiger charge is 2.17. The fraction of sp³-hybridized carbons (Fsp3) is 0.357. The largest absolute Gasteiger partial charge is 0.454 e. The minimum atomic E-state index is -0.274. The predicted octanol–water partition coefficient (Wildman–Crippen LogP) is 2.09. The van der Waals surface area contributed by atoms with Gasteiger partial charge in [0.15, 0.2) is 11.5 Å². The first-order valence-electron chi connectivity index (χ1n) is 6.24. The van der Waals surface area contributed by atoms with E-state index in [2.05, 4.69) is 9.97 Å². The molecule has 0 unspecified atom stereocenters. The van der Waals surface area contributed by atoms with Gasteiger partial charge in [-0.3, -0.25) is 0 Å². The van der Waals surface area contributed by atoms with E-state index in [0.717, 1.165) is 28.6 Å². The molecule has 19 heavy (non-hydrogen) atoms. The van der Waals surface area contributed by atoms with Crippen LogP contribution in [-0.2, 0) is 6.42 Å². The Bertz CT molecular complexity index is 599. The van der Waals surface area contributed by atoms with Gasteiger partial charge in [0.05, 0.1) is 11.9 Å². The summed E-state index contributed by atoms with van der Waals surface area (Å²) in [5, 5.41) is 0. The number of hydrogen-bond acceptors (Lipinski definition) is 4. The molecule has 0 fully saturated rings. The topological polar surface area (TPSA) is 73.2 Å². The van der Waals surface area contributed by atoms with Crippen LogP contribution in [0.1, 0.15) is 19.7 Å². The van der Waals surface area contributed by atoms with Gasteiger partial charge in [-0.2, -0.15) is 0 Å². The molecule has 3 rings (SSSR count). The highest BCUT2D eigenvalue weighted by atomic mass is 16.7. The summed E-state index contributed by atoms with van der Waals surface area (Å²) in [5.41, 5.74) is 7.70. The zero-order valence-corrected chi connectivity index (χ0v) is 11.1. The van der Waals surface area contributed by atoms with E-state index in [-0.39, 0.29) is 12.3 Å². The highest BCUT2D eigenvalue weighted by molar-refractivity contribution is 5.64. The Morgan fingerprint density at radius 2 is 2.11 bits per heavy atom. The summed E-state index contributed by atoms with van der Waals surface area (Å²) < 4.78 is 10.7. The molecule has 0 amide bonds. The lowest BCUT2D eigenvalue weighted by Crippen LogP contribution is -2.34. The fourth-order valence-electron chi connectivity index (χ4n) is 2.09. The van der Waals surface area contributed by atoms with Crippen molar-refractivity contribution in [3.05, 3.63) is 30.2 Å². The molecular weight excluding hydrogens is 242 g/mol. The highest BCUT2D eigenvalue weighted by Crippen LogP contribution is 2.35. The van der Waals surface area contributed by atoms with Crippen LogP contribution in [0.4, 0.5) is 0 Å². The SMILES string of the molecule is CC(C)(N)Cc1ncc(-c2ccc3c(c2)OCO3)[nH]1. The summed E-state index contributed by atoms with van der Waals surface area (Å²) in [6.45, 7) is 4.25. The van der Waals surface area contributed by atoms with Gasteiger partial charge < -0.3 is 20.2 Å². The summed E-state index contributed by atoms with van der Waals surface area (Å²) in [6, 6.07) is 5.84. The Hall–Kier alpha value is -2.01. The predicted molar refractivity (Wildman–Crippen MR) is 72.1 cm³/mol. The normalized spacial score (nSPS) is 13.8. The molecule has 1 aliphatic heterocycles. The molecule has 0 saturated heterocycles. The lowest BCUT2D eigenvalue weighted by atomic mass is 10.0. The molecule has 0 spiro atoms. The molecule has 0 atom stereocenters. The van der Waals surface area contributed by atoms with Crippen molar-refractivity contribution < 1.29 is 9.47 Å². The summed E-state index contributed by atoms with van der Waals surface area (Å²) in [7, 11) is 0. The van der Waals surface area contributed by atoms with Crippen molar-refractivity contribution in [3.8, 4) is 22.8 Å². The second-order valence-corrected chi connectivity index (χ2v) is 5.48. The number of ether oxygens (including phenoxy) is 2. The van der Waals surface area contributed by atoms with Crippen molar-refractivity contribution in [2.24, 2.45) is 5.73 Å². The molecule has 3 N–H and O–H groups in total. The molecular formula is C14H17N3O2. The van der Waals surface area contributed by atoms with Gasteiger partial charge >= 0.3 is 0 Å². The van der Waals surface area contributed by atoms with Crippen LogP contribution in [0, 0.1) is 0 Å². The van der Waals surface area contributed by atoms with E-state index in [1.165, 1.54) is 0 Å². The monoisotopic (exact) mass is 259 g/mol. The fourth-order valence-corrected chi connectivity index (χ4v) is 2.09. The maximum Gasteiger partial charge on any atom is 0.231 e. The molecule has 1 aromatic carbocycles. The van der Waals surface area contributed by atoms with E-state index in [1.807, 2.05) is 38.2 Å². The number of nitrogens with two attached hydrogens (primary N) is 1. The van der Waals surface area contributed by atoms with Crippen molar-refractivity contribution in [2.45, 2.75) is 25.8 Å². The average molecular weight is 259 g/mol. The first kappa shape index (κ1) is 12.0. The van der Waals surface area contributed by atoms with E-state index < -0.39 is 0 Å². The Balaban J connectivity index is 1.86. The van der Waals surface area contributed by atoms with E-state index >= 15 is 0 Å². The number of hydrogen-bond donors (Lipinski definition) is 2. The van der Waals surface area contributed by atoms with Crippen LogP contribution in [-0.4, -0.2) is 22.3 Å². The minimum Gasteiger partial charge on any atom is -0.454 e. The summed E-state index contributed by atoms with van der Waals surface area (Å²) >= 11 is 0. The third kappa shape index (κ3) is 2.56. The third-order valence-electron chi connectivity index (χ3n) is 2.94. The number of aromatic nitrogens is 2. The van der Waals surface area contributed by atoms with Gasteiger partial charge in [-0.05, 0) is 32.0 Å². The molecule has 1 aliphatic rings. The van der Waals surface area contributed by atoms with Crippen LogP contribution >= 0.6 is 0 Å². The van der Waals surface area contributed by atoms with E-state index in [0.29, 0.717) is 6.42 Å². The quantitative estimate of drug-likeness (QED) is 0.885. The Labute approximate surface area is 111 Å². The molecule has 0 aliphatic carbocycles. The number of nitrogens with zero attached hydrogens (tertiary/aromatic N) is 1. The molecule has 5 heteroatoms. The van der Waals surface area contributed by atoms with Gasteiger partial charge in [0, 0.05) is 17.5 Å². The van der Waals surface area contributed by atoms with Gasteiger partial charge in [-0.1, -0.05) is 0 Å². The summed E-state index contributed by atoms with van der Waals surface area (Å²) in [4.78, 5) is 7.65. The van der Waals surface area contributed by atoms with Gasteiger partial charge in [-0.25, -0.2) is 4.98 Å². The first-order valence-corrected chi connectivity index (χ1v) is 6.24. The Kier molecular flexibility index (Phi) is 2.71. The molecule has 2 heterocycles. The summed E-state index contributed by atoms with van der Waals surface area (Å²) in [5.74, 6) is 2.44. The minimum absolute atomic E-state index is 0.274. The van der Waals surface area contributed by atoms with Gasteiger partial charge in [0.25, 0.3) is 0 Å². The second-order valence-electron chi connectivity index (χ2n) is 5.48. The lowest BCUT2D eigenvalue weighted by molar-refractivity contribution is 0.174. The van der Waals surface area contributed by atoms with Crippen LogP contribution in [0.15, 0.2) is 24.4 Å². The van der Waals surface area contributed by atoms with Crippen LogP contribution in [0.25, 0.3) is 11.3 Å². The number of aromatic amines is 1. The molecule has 100 valence electrons. The van der Waals surface area contributed by atoms with Crippen LogP contribution < -0.4 is 15.2 Å². The lowest BCUT2D eigenvalue weighted by Gasteiger charge is -2.15. The maximum absolute atomic E-state index is 5.99. The van der Waals surface area contributed by atoms with E-state index in [4.69, 9.17) is 15.2 Å². The van der Waals surface area contributed by atoms with Gasteiger partial charge in [0.2, 0.25) is 6.79 Å². The molecule has 0 bridgehead atoms. The van der Waals surface area contributed by atoms with Crippen LogP contribution in [0.5, 0.6) is 11.5 Å². The first-order chi connectivity index (χ1) is 9.01. The third-order valence-corrected chi connectivity index (χ3v) is 2.94. The zero-order chi connectivity index (χ0) is 13.5. The van der Waals surface area contributed by atoms with E-state index in [1.54, 1.807) is 0 Å². The molecule has 2 aromatic rings. The number of benzene rings is 1. The van der Waals surface area contributed by atoms with Gasteiger partial charge in [-0.15, -0.1) is 0 Å². The Morgan fingerprint density at radius 1 is 1.32 bits per heavy atom. The van der Waals surface area contributed by atoms with Crippen molar-refractivity contribution >= 4 is 0 Å². The van der Waals surface area contributed by atoms with Crippen LogP contribution in [0.2, 0.25) is 0 Å². The Morgan fingerprint density at radius 3 is 2.89 bits per heavy atom. The molecule has 1 aromatic heterocycles.